The molecule has 376 valence electrons. The number of nitrogens with one attached hydrogen (secondary N) is 4. The van der Waals surface area contributed by atoms with Gasteiger partial charge in [-0.1, -0.05) is 80.5 Å². The van der Waals surface area contributed by atoms with Gasteiger partial charge in [0, 0.05) is 51.3 Å². The van der Waals surface area contributed by atoms with Crippen LogP contribution in [0, 0.1) is 12.3 Å². The maximum atomic E-state index is 13.9. The van der Waals surface area contributed by atoms with E-state index >= 15 is 0 Å². The normalized spacial score (nSPS) is 16.8. The summed E-state index contributed by atoms with van der Waals surface area (Å²) in [5, 5.41) is 36.5. The van der Waals surface area contributed by atoms with Crippen molar-refractivity contribution in [3.63, 3.8) is 0 Å². The number of phenolic OH excluding ortho intramolecular Hbond substituents is 1. The lowest BCUT2D eigenvalue weighted by atomic mass is 9.85. The number of carbonyl (C=O) groups excluding carboxylic acids is 6. The highest BCUT2D eigenvalue weighted by Crippen LogP contribution is 2.33. The number of aliphatic hydroxyl groups is 1. The molecule has 1 saturated heterocycles. The number of aromatic hydroxyl groups is 1. The van der Waals surface area contributed by atoms with Crippen LogP contribution in [0.4, 0.5) is 0 Å². The van der Waals surface area contributed by atoms with Gasteiger partial charge in [0.2, 0.25) is 23.6 Å². The van der Waals surface area contributed by atoms with Crippen molar-refractivity contribution in [1.29, 1.82) is 0 Å². The van der Waals surface area contributed by atoms with E-state index in [1.807, 2.05) is 55.5 Å². The molecule has 4 atom stereocenters. The predicted octanol–water partition coefficient (Wildman–Crippen LogP) is 3.93. The smallest absolute Gasteiger partial charge is 0.273 e. The molecule has 0 saturated carbocycles. The number of fused-ring (bicyclic) bond motifs is 1. The number of hydrogen-bond donors (Lipinski definition) is 6. The Hall–Kier alpha value is -7.00. The van der Waals surface area contributed by atoms with Crippen molar-refractivity contribution in [2.75, 3.05) is 53.1 Å². The first-order valence-electron chi connectivity index (χ1n) is 23.4. The lowest BCUT2D eigenvalue weighted by Gasteiger charge is -2.35. The molecule has 19 nitrogen and oxygen atoms in total. The van der Waals surface area contributed by atoms with Crippen molar-refractivity contribution in [3.05, 3.63) is 112 Å². The van der Waals surface area contributed by atoms with E-state index in [9.17, 15) is 39.0 Å². The lowest BCUT2D eigenvalue weighted by Crippen LogP contribution is -2.58. The monoisotopic (exact) mass is 992 g/mol. The molecule has 0 spiro atoms. The van der Waals surface area contributed by atoms with Crippen molar-refractivity contribution in [1.82, 2.24) is 41.2 Å². The minimum Gasteiger partial charge on any atom is -0.507 e. The number of likely N-dealkylation sites (N-methyl/N-ethyl adjacent to an activating group) is 1. The van der Waals surface area contributed by atoms with E-state index in [4.69, 9.17) is 14.0 Å². The summed E-state index contributed by atoms with van der Waals surface area (Å²) in [4.78, 5) is 87.0. The molecule has 6 amide bonds. The molecule has 3 aromatic carbocycles. The Bertz CT molecular complexity index is 2720. The van der Waals surface area contributed by atoms with Crippen LogP contribution in [-0.4, -0.2) is 137 Å². The van der Waals surface area contributed by atoms with Crippen LogP contribution in [0.3, 0.4) is 0 Å². The molecule has 1 aliphatic carbocycles. The molecule has 0 bridgehead atoms. The number of carbonyl (C=O) groups is 6. The van der Waals surface area contributed by atoms with Gasteiger partial charge in [-0.3, -0.25) is 28.8 Å². The quantitative estimate of drug-likeness (QED) is 0.0606. The van der Waals surface area contributed by atoms with Gasteiger partial charge in [0.1, 0.15) is 31.0 Å². The largest absolute Gasteiger partial charge is 0.507 e. The Balaban J connectivity index is 0.779. The van der Waals surface area contributed by atoms with Crippen molar-refractivity contribution >= 4 is 46.8 Å². The molecule has 2 aromatic heterocycles. The summed E-state index contributed by atoms with van der Waals surface area (Å²) < 4.78 is 16.2. The van der Waals surface area contributed by atoms with Crippen molar-refractivity contribution in [3.8, 4) is 27.5 Å². The van der Waals surface area contributed by atoms with E-state index in [1.165, 1.54) is 40.6 Å². The fraction of sp³-hybridized carbons (Fsp3) is 0.412. The third kappa shape index (κ3) is 13.3. The summed E-state index contributed by atoms with van der Waals surface area (Å²) in [6.07, 6.45) is 0.804. The van der Waals surface area contributed by atoms with Crippen molar-refractivity contribution in [2.24, 2.45) is 5.41 Å². The van der Waals surface area contributed by atoms with Crippen LogP contribution in [0.5, 0.6) is 5.75 Å². The van der Waals surface area contributed by atoms with Crippen LogP contribution < -0.4 is 21.3 Å². The Morgan fingerprint density at radius 2 is 1.66 bits per heavy atom. The molecular weight excluding hydrogens is 933 g/mol. The summed E-state index contributed by atoms with van der Waals surface area (Å²) >= 11 is 1.55. The Morgan fingerprint density at radius 1 is 0.944 bits per heavy atom. The van der Waals surface area contributed by atoms with E-state index < -0.39 is 59.7 Å². The zero-order valence-corrected chi connectivity index (χ0v) is 41.2. The number of aryl methyl sites for hydroxylation is 2. The summed E-state index contributed by atoms with van der Waals surface area (Å²) in [6.45, 7) is 6.89. The van der Waals surface area contributed by atoms with Gasteiger partial charge >= 0.3 is 0 Å². The molecule has 2 aliphatic rings. The number of benzene rings is 3. The van der Waals surface area contributed by atoms with Crippen LogP contribution in [0.25, 0.3) is 21.8 Å². The van der Waals surface area contributed by atoms with E-state index in [0.29, 0.717) is 5.56 Å². The molecular formula is C51H60N8O11S. The molecule has 71 heavy (non-hydrogen) atoms. The van der Waals surface area contributed by atoms with Crippen LogP contribution in [-0.2, 0) is 41.6 Å². The highest BCUT2D eigenvalue weighted by Gasteiger charge is 2.44. The van der Waals surface area contributed by atoms with Crippen LogP contribution >= 0.6 is 11.3 Å². The SMILES string of the molecule is Cc1ncsc1-c1ccc(CNC(=O)[C@@H]2C[C@@H](O)CN2C(=O)[C@@H](NC(=O)COCCOCC(=O)NCCN(C)C(=O)c2ccc(-c3cc(C(=O)N[C@@H]4CCc5ccccc54)no3)cc2O)C(C)(C)C)cc1. The summed E-state index contributed by atoms with van der Waals surface area (Å²) in [5.74, 6) is -2.89. The Kier molecular flexibility index (Phi) is 17.0. The molecule has 6 N–H and O–H groups in total. The highest BCUT2D eigenvalue weighted by atomic mass is 32.1. The number of aliphatic hydroxyl groups excluding tert-OH is 1. The zero-order valence-electron chi connectivity index (χ0n) is 40.4. The van der Waals surface area contributed by atoms with Gasteiger partial charge in [-0.2, -0.15) is 0 Å². The second-order valence-corrected chi connectivity index (χ2v) is 19.6. The third-order valence-electron chi connectivity index (χ3n) is 12.4. The number of amides is 6. The maximum Gasteiger partial charge on any atom is 0.273 e. The molecule has 1 fully saturated rings. The maximum absolute atomic E-state index is 13.9. The predicted molar refractivity (Wildman–Crippen MR) is 262 cm³/mol. The number of ether oxygens (including phenoxy) is 2. The molecule has 0 radical (unpaired) electrons. The Morgan fingerprint density at radius 3 is 2.37 bits per heavy atom. The second-order valence-electron chi connectivity index (χ2n) is 18.7. The number of hydrogen-bond acceptors (Lipinski definition) is 14. The van der Waals surface area contributed by atoms with Gasteiger partial charge in [0.05, 0.1) is 47.0 Å². The van der Waals surface area contributed by atoms with Crippen molar-refractivity contribution < 1.29 is 53.0 Å². The first-order valence-corrected chi connectivity index (χ1v) is 24.3. The third-order valence-corrected chi connectivity index (χ3v) is 13.3. The number of nitrogens with zero attached hydrogens (tertiary/aromatic N) is 4. The van der Waals surface area contributed by atoms with Crippen LogP contribution in [0.2, 0.25) is 0 Å². The summed E-state index contributed by atoms with van der Waals surface area (Å²) in [7, 11) is 1.52. The number of aromatic nitrogens is 2. The molecule has 5 aromatic rings. The van der Waals surface area contributed by atoms with E-state index in [-0.39, 0.29) is 87.1 Å². The van der Waals surface area contributed by atoms with Gasteiger partial charge in [0.25, 0.3) is 11.8 Å². The first-order chi connectivity index (χ1) is 34.0. The standard InChI is InChI=1S/C51H60N8O11S/c1-30-45(71-29-54-30)33-12-10-31(11-13-33)25-53-48(65)40-23-35(60)26-59(40)50(67)46(51(2,3)4)56-44(63)28-69-21-20-68-27-43(62)52-18-19-58(5)49(66)37-16-14-34(22-41(37)61)42-24-39(57-70-42)47(64)55-38-17-15-32-8-6-7-9-36(32)38/h6-14,16,22,24,29,35,38,40,46,60-61H,15,17-21,23,25-28H2,1-5H3,(H,52,62)(H,53,65)(H,55,64)(H,56,63)/t35-,38-,40+,46-/m1/s1. The first kappa shape index (κ1) is 51.8. The number of β-amino-alcohol motifs (C(OH)–C–C–N with tert-alkyl or cyclic N) is 1. The summed E-state index contributed by atoms with van der Waals surface area (Å²) in [6, 6.07) is 19.5. The Labute approximate surface area is 415 Å². The highest BCUT2D eigenvalue weighted by molar-refractivity contribution is 7.13. The van der Waals surface area contributed by atoms with Crippen molar-refractivity contribution in [2.45, 2.75) is 77.7 Å². The van der Waals surface area contributed by atoms with Crippen LogP contribution in [0.15, 0.2) is 82.8 Å². The van der Waals surface area contributed by atoms with Gasteiger partial charge in [-0.25, -0.2) is 4.98 Å². The number of rotatable bonds is 20. The molecule has 1 aliphatic heterocycles. The number of phenols is 1. The fourth-order valence-electron chi connectivity index (χ4n) is 8.48. The average molecular weight is 993 g/mol. The van der Waals surface area contributed by atoms with Gasteiger partial charge in [-0.15, -0.1) is 11.3 Å². The topological polar surface area (TPSA) is 255 Å². The second kappa shape index (κ2) is 23.3. The minimum absolute atomic E-state index is 0.0214. The van der Waals surface area contributed by atoms with E-state index in [1.54, 1.807) is 43.7 Å². The molecule has 20 heteroatoms. The van der Waals surface area contributed by atoms with E-state index in [2.05, 4.69) is 31.4 Å². The number of likely N-dealkylation sites (tertiary alicyclic amines) is 1. The van der Waals surface area contributed by atoms with Crippen LogP contribution in [0.1, 0.15) is 82.9 Å². The summed E-state index contributed by atoms with van der Waals surface area (Å²) in [5.41, 5.74) is 6.67. The molecule has 0 unspecified atom stereocenters. The average Bonchev–Trinajstić information content (AvgIpc) is 4.18. The fourth-order valence-corrected chi connectivity index (χ4v) is 9.29. The number of thiazole rings is 1. The lowest BCUT2D eigenvalue weighted by molar-refractivity contribution is -0.144. The zero-order chi connectivity index (χ0) is 50.8. The van der Waals surface area contributed by atoms with Gasteiger partial charge in [0.15, 0.2) is 11.5 Å². The minimum atomic E-state index is -1.04. The van der Waals surface area contributed by atoms with Gasteiger partial charge < -0.3 is 55.3 Å². The molecule has 7 rings (SSSR count). The molecule has 3 heterocycles. The van der Waals surface area contributed by atoms with E-state index in [0.717, 1.165) is 40.1 Å². The van der Waals surface area contributed by atoms with Gasteiger partial charge in [-0.05, 0) is 59.6 Å².